The number of hydrogen-bond acceptors (Lipinski definition) is 5. The van der Waals surface area contributed by atoms with Gasteiger partial charge >= 0.3 is 0 Å². The van der Waals surface area contributed by atoms with Gasteiger partial charge in [-0.15, -0.1) is 0 Å². The number of carbonyl (C=O) groups excluding carboxylic acids is 1. The summed E-state index contributed by atoms with van der Waals surface area (Å²) in [4.78, 5) is 26.3. The van der Waals surface area contributed by atoms with Crippen LogP contribution in [0.2, 0.25) is 0 Å². The van der Waals surface area contributed by atoms with Gasteiger partial charge < -0.3 is 19.7 Å². The quantitative estimate of drug-likeness (QED) is 0.619. The SMILES string of the molecule is CC(=O)N1CCC[C@@H]1c1cc2[nH]c(C3C=NC=CC3)cc2cc1Oc1ccc(CO)nc1. The summed E-state index contributed by atoms with van der Waals surface area (Å²) < 4.78 is 6.28. The van der Waals surface area contributed by atoms with Crippen LogP contribution in [0.15, 0.2) is 53.8 Å². The van der Waals surface area contributed by atoms with Crippen molar-refractivity contribution >= 4 is 23.0 Å². The van der Waals surface area contributed by atoms with E-state index in [1.165, 1.54) is 0 Å². The lowest BCUT2D eigenvalue weighted by atomic mass is 10.0. The van der Waals surface area contributed by atoms with Crippen molar-refractivity contribution in [1.29, 1.82) is 0 Å². The Balaban J connectivity index is 1.57. The van der Waals surface area contributed by atoms with Crippen LogP contribution < -0.4 is 4.74 Å². The monoisotopic (exact) mass is 430 g/mol. The van der Waals surface area contributed by atoms with Crippen molar-refractivity contribution in [3.05, 3.63) is 65.8 Å². The number of allylic oxidation sites excluding steroid dienone is 1. The molecule has 1 amide bonds. The molecule has 0 saturated carbocycles. The molecule has 4 heterocycles. The van der Waals surface area contributed by atoms with Gasteiger partial charge in [-0.25, -0.2) is 0 Å². The Hall–Kier alpha value is -3.45. The van der Waals surface area contributed by atoms with E-state index in [0.29, 0.717) is 11.4 Å². The fourth-order valence-corrected chi connectivity index (χ4v) is 4.60. The Morgan fingerprint density at radius 3 is 2.94 bits per heavy atom. The number of H-pyrrole nitrogens is 1. The van der Waals surface area contributed by atoms with Crippen LogP contribution in [0, 0.1) is 0 Å². The number of aromatic amines is 1. The summed E-state index contributed by atoms with van der Waals surface area (Å²) in [7, 11) is 0. The maximum absolute atomic E-state index is 12.3. The highest BCUT2D eigenvalue weighted by Crippen LogP contribution is 2.41. The van der Waals surface area contributed by atoms with Gasteiger partial charge in [-0.2, -0.15) is 0 Å². The fraction of sp³-hybridized carbons (Fsp3) is 0.320. The summed E-state index contributed by atoms with van der Waals surface area (Å²) in [5.74, 6) is 1.60. The molecule has 0 spiro atoms. The van der Waals surface area contributed by atoms with Gasteiger partial charge in [-0.3, -0.25) is 14.8 Å². The van der Waals surface area contributed by atoms with E-state index in [1.807, 2.05) is 23.4 Å². The van der Waals surface area contributed by atoms with Gasteiger partial charge in [0.15, 0.2) is 0 Å². The number of aliphatic imine (C=N–C) groups is 1. The van der Waals surface area contributed by atoms with Gasteiger partial charge in [-0.05, 0) is 49.6 Å². The molecule has 1 unspecified atom stereocenters. The molecule has 1 fully saturated rings. The molecule has 2 N–H and O–H groups in total. The fourth-order valence-electron chi connectivity index (χ4n) is 4.60. The maximum atomic E-state index is 12.3. The molecule has 2 aromatic heterocycles. The molecule has 0 radical (unpaired) electrons. The second kappa shape index (κ2) is 8.59. The number of aliphatic hydroxyl groups is 1. The number of likely N-dealkylation sites (tertiary alicyclic amines) is 1. The molecule has 3 aromatic rings. The number of fused-ring (bicyclic) bond motifs is 1. The third-order valence-electron chi connectivity index (χ3n) is 6.22. The largest absolute Gasteiger partial charge is 0.455 e. The lowest BCUT2D eigenvalue weighted by Gasteiger charge is -2.25. The van der Waals surface area contributed by atoms with Crippen molar-refractivity contribution in [2.75, 3.05) is 6.54 Å². The number of benzene rings is 1. The molecule has 7 heteroatoms. The highest BCUT2D eigenvalue weighted by Gasteiger charge is 2.31. The number of ether oxygens (including phenoxy) is 1. The van der Waals surface area contributed by atoms with E-state index in [9.17, 15) is 9.90 Å². The molecule has 7 nitrogen and oxygen atoms in total. The molecule has 5 rings (SSSR count). The van der Waals surface area contributed by atoms with E-state index in [-0.39, 0.29) is 24.5 Å². The summed E-state index contributed by atoms with van der Waals surface area (Å²) in [5, 5.41) is 10.3. The first kappa shape index (κ1) is 20.5. The number of amides is 1. The smallest absolute Gasteiger partial charge is 0.219 e. The summed E-state index contributed by atoms with van der Waals surface area (Å²) in [5.41, 5.74) is 3.71. The molecular formula is C25H26N4O3. The minimum absolute atomic E-state index is 0.0255. The Kier molecular flexibility index (Phi) is 5.49. The molecular weight excluding hydrogens is 404 g/mol. The molecule has 2 aliphatic rings. The number of nitrogens with zero attached hydrogens (tertiary/aromatic N) is 3. The zero-order valence-electron chi connectivity index (χ0n) is 18.0. The Labute approximate surface area is 186 Å². The first-order valence-electron chi connectivity index (χ1n) is 11.0. The van der Waals surface area contributed by atoms with Crippen molar-refractivity contribution in [2.24, 2.45) is 4.99 Å². The van der Waals surface area contributed by atoms with Crippen molar-refractivity contribution in [3.8, 4) is 11.5 Å². The van der Waals surface area contributed by atoms with Crippen molar-refractivity contribution in [3.63, 3.8) is 0 Å². The number of hydrogen-bond donors (Lipinski definition) is 2. The zero-order valence-corrected chi connectivity index (χ0v) is 18.0. The molecule has 1 aromatic carbocycles. The maximum Gasteiger partial charge on any atom is 0.219 e. The molecule has 0 aliphatic carbocycles. The van der Waals surface area contributed by atoms with Gasteiger partial charge in [-0.1, -0.05) is 6.08 Å². The van der Waals surface area contributed by atoms with Crippen LogP contribution in [0.5, 0.6) is 11.5 Å². The third-order valence-corrected chi connectivity index (χ3v) is 6.22. The predicted octanol–water partition coefficient (Wildman–Crippen LogP) is 4.60. The van der Waals surface area contributed by atoms with Crippen LogP contribution in [0.3, 0.4) is 0 Å². The normalized spacial score (nSPS) is 20.2. The first-order chi connectivity index (χ1) is 15.6. The van der Waals surface area contributed by atoms with E-state index in [2.05, 4.69) is 33.2 Å². The Bertz CT molecular complexity index is 1200. The van der Waals surface area contributed by atoms with Crippen molar-refractivity contribution in [2.45, 2.75) is 44.8 Å². The molecule has 32 heavy (non-hydrogen) atoms. The van der Waals surface area contributed by atoms with Crippen LogP contribution in [0.4, 0.5) is 0 Å². The van der Waals surface area contributed by atoms with E-state index < -0.39 is 0 Å². The summed E-state index contributed by atoms with van der Waals surface area (Å²) in [6, 6.07) is 9.82. The topological polar surface area (TPSA) is 90.8 Å². The average Bonchev–Trinajstić information content (AvgIpc) is 3.47. The van der Waals surface area contributed by atoms with E-state index in [1.54, 1.807) is 25.3 Å². The van der Waals surface area contributed by atoms with Gasteiger partial charge in [0.2, 0.25) is 5.91 Å². The lowest BCUT2D eigenvalue weighted by molar-refractivity contribution is -0.129. The Morgan fingerprint density at radius 1 is 1.31 bits per heavy atom. The molecule has 2 aliphatic heterocycles. The third kappa shape index (κ3) is 3.91. The Morgan fingerprint density at radius 2 is 2.22 bits per heavy atom. The number of aromatic nitrogens is 2. The van der Waals surface area contributed by atoms with Gasteiger partial charge in [0.1, 0.15) is 11.5 Å². The standard InChI is InChI=1S/C25H26N4O3/c1-16(31)29-9-3-5-24(29)21-12-23-18(10-22(28-23)17-4-2-8-26-13-17)11-25(21)32-20-7-6-19(15-30)27-14-20/h2,6-8,10-14,17,24,28,30H,3-5,9,15H2,1H3/t17?,24-/m1/s1. The number of aliphatic hydroxyl groups excluding tert-OH is 1. The van der Waals surface area contributed by atoms with E-state index >= 15 is 0 Å². The summed E-state index contributed by atoms with van der Waals surface area (Å²) in [6.07, 6.45) is 10.3. The van der Waals surface area contributed by atoms with Gasteiger partial charge in [0.25, 0.3) is 0 Å². The molecule has 0 bridgehead atoms. The minimum Gasteiger partial charge on any atom is -0.455 e. The summed E-state index contributed by atoms with van der Waals surface area (Å²) in [6.45, 7) is 2.27. The number of nitrogens with one attached hydrogen (secondary N) is 1. The molecule has 2 atom stereocenters. The van der Waals surface area contributed by atoms with Crippen LogP contribution in [-0.2, 0) is 11.4 Å². The van der Waals surface area contributed by atoms with Crippen LogP contribution in [0.1, 0.15) is 55.1 Å². The van der Waals surface area contributed by atoms with Gasteiger partial charge in [0, 0.05) is 54.0 Å². The second-order valence-corrected chi connectivity index (χ2v) is 8.34. The van der Waals surface area contributed by atoms with Gasteiger partial charge in [0.05, 0.1) is 24.5 Å². The highest BCUT2D eigenvalue weighted by molar-refractivity contribution is 5.85. The summed E-state index contributed by atoms with van der Waals surface area (Å²) >= 11 is 0. The van der Waals surface area contributed by atoms with Crippen molar-refractivity contribution < 1.29 is 14.6 Å². The number of pyridine rings is 1. The second-order valence-electron chi connectivity index (χ2n) is 8.34. The first-order valence-corrected chi connectivity index (χ1v) is 11.0. The highest BCUT2D eigenvalue weighted by atomic mass is 16.5. The van der Waals surface area contributed by atoms with E-state index in [0.717, 1.165) is 53.7 Å². The predicted molar refractivity (Wildman–Crippen MR) is 123 cm³/mol. The van der Waals surface area contributed by atoms with Crippen LogP contribution >= 0.6 is 0 Å². The van der Waals surface area contributed by atoms with Crippen LogP contribution in [0.25, 0.3) is 10.9 Å². The van der Waals surface area contributed by atoms with Crippen molar-refractivity contribution in [1.82, 2.24) is 14.9 Å². The zero-order chi connectivity index (χ0) is 22.1. The van der Waals surface area contributed by atoms with Crippen LogP contribution in [-0.4, -0.2) is 38.6 Å². The number of rotatable bonds is 5. The molecule has 1 saturated heterocycles. The molecule has 164 valence electrons. The van der Waals surface area contributed by atoms with E-state index in [4.69, 9.17) is 4.74 Å². The lowest BCUT2D eigenvalue weighted by Crippen LogP contribution is -2.28. The average molecular weight is 431 g/mol. The number of carbonyl (C=O) groups is 1. The minimum atomic E-state index is -0.112.